The third kappa shape index (κ3) is 2.93. The van der Waals surface area contributed by atoms with Gasteiger partial charge in [0, 0.05) is 12.7 Å². The second kappa shape index (κ2) is 5.51. The molecule has 1 rings (SSSR count). The third-order valence-corrected chi connectivity index (χ3v) is 1.59. The van der Waals surface area contributed by atoms with Crippen LogP contribution in [0, 0.1) is 5.82 Å². The number of hydrogen-bond acceptors (Lipinski definition) is 4. The molecule has 0 spiro atoms. The summed E-state index contributed by atoms with van der Waals surface area (Å²) in [5.74, 6) is -0.251. The molecule has 0 atom stereocenters. The monoisotopic (exact) mass is 201 g/mol. The Bertz CT molecular complexity index is 293. The fourth-order valence-corrected chi connectivity index (χ4v) is 0.934. The first-order valence-electron chi connectivity index (χ1n) is 4.15. The Morgan fingerprint density at radius 1 is 1.50 bits per heavy atom. The van der Waals surface area contributed by atoms with Gasteiger partial charge in [0.15, 0.2) is 0 Å². The predicted octanol–water partition coefficient (Wildman–Crippen LogP) is 0.738. The summed E-state index contributed by atoms with van der Waals surface area (Å²) in [5, 5.41) is 8.88. The summed E-state index contributed by atoms with van der Waals surface area (Å²) in [7, 11) is 1.55. The van der Waals surface area contributed by atoms with Crippen molar-refractivity contribution in [1.82, 2.24) is 4.98 Å². The Hall–Kier alpha value is -1.20. The molecule has 0 fully saturated rings. The molecule has 0 radical (unpaired) electrons. The maximum Gasteiger partial charge on any atom is 0.219 e. The van der Waals surface area contributed by atoms with E-state index in [1.54, 1.807) is 7.11 Å². The van der Waals surface area contributed by atoms with Crippen LogP contribution < -0.4 is 4.74 Å². The fraction of sp³-hybridized carbons (Fsp3) is 0.444. The molecule has 14 heavy (non-hydrogen) atoms. The molecular weight excluding hydrogens is 189 g/mol. The highest BCUT2D eigenvalue weighted by molar-refractivity contribution is 5.25. The summed E-state index contributed by atoms with van der Waals surface area (Å²) in [6.45, 7) is 0.444. The summed E-state index contributed by atoms with van der Waals surface area (Å²) in [6, 6.07) is 1.19. The lowest BCUT2D eigenvalue weighted by atomic mass is 10.3. The molecule has 1 N–H and O–H groups in total. The van der Waals surface area contributed by atoms with Crippen LogP contribution >= 0.6 is 0 Å². The van der Waals surface area contributed by atoms with Crippen LogP contribution in [0.5, 0.6) is 5.88 Å². The van der Waals surface area contributed by atoms with Gasteiger partial charge in [0.05, 0.1) is 19.4 Å². The maximum absolute atomic E-state index is 12.7. The van der Waals surface area contributed by atoms with Crippen molar-refractivity contribution in [3.63, 3.8) is 0 Å². The molecule has 78 valence electrons. The topological polar surface area (TPSA) is 51.6 Å². The van der Waals surface area contributed by atoms with Crippen molar-refractivity contribution >= 4 is 0 Å². The van der Waals surface area contributed by atoms with Gasteiger partial charge in [-0.2, -0.15) is 0 Å². The average molecular weight is 201 g/mol. The van der Waals surface area contributed by atoms with Gasteiger partial charge in [-0.1, -0.05) is 0 Å². The number of ether oxygens (including phenoxy) is 2. The molecule has 0 saturated heterocycles. The lowest BCUT2D eigenvalue weighted by Crippen LogP contribution is -2.07. The summed E-state index contributed by atoms with van der Waals surface area (Å²) in [5.41, 5.74) is 0.334. The van der Waals surface area contributed by atoms with E-state index >= 15 is 0 Å². The number of aliphatic hydroxyl groups is 1. The lowest BCUT2D eigenvalue weighted by Gasteiger charge is -2.07. The van der Waals surface area contributed by atoms with Crippen molar-refractivity contribution in [2.75, 3.05) is 20.3 Å². The minimum absolute atomic E-state index is 0.242. The number of aromatic nitrogens is 1. The fourth-order valence-electron chi connectivity index (χ4n) is 0.934. The van der Waals surface area contributed by atoms with E-state index in [0.29, 0.717) is 18.8 Å². The second-order valence-electron chi connectivity index (χ2n) is 2.62. The largest absolute Gasteiger partial charge is 0.475 e. The van der Waals surface area contributed by atoms with Crippen molar-refractivity contribution in [3.05, 3.63) is 23.6 Å². The van der Waals surface area contributed by atoms with Crippen molar-refractivity contribution < 1.29 is 19.0 Å². The van der Waals surface area contributed by atoms with E-state index in [9.17, 15) is 4.39 Å². The number of pyridine rings is 1. The van der Waals surface area contributed by atoms with Gasteiger partial charge in [-0.05, 0) is 6.07 Å². The summed E-state index contributed by atoms with van der Waals surface area (Å²) < 4.78 is 22.6. The Kier molecular flexibility index (Phi) is 4.28. The molecule has 0 aliphatic rings. The standard InChI is InChI=1S/C9H12FNO3/c1-13-2-3-14-9-7(6-12)4-8(10)5-11-9/h4-5,12H,2-3,6H2,1H3. The molecule has 0 unspecified atom stereocenters. The third-order valence-electron chi connectivity index (χ3n) is 1.59. The van der Waals surface area contributed by atoms with Gasteiger partial charge in [0.1, 0.15) is 12.4 Å². The van der Waals surface area contributed by atoms with E-state index in [0.717, 1.165) is 6.20 Å². The molecule has 4 nitrogen and oxygen atoms in total. The highest BCUT2D eigenvalue weighted by atomic mass is 19.1. The van der Waals surface area contributed by atoms with Crippen LogP contribution in [0.25, 0.3) is 0 Å². The molecule has 0 saturated carbocycles. The number of halogens is 1. The minimum Gasteiger partial charge on any atom is -0.475 e. The average Bonchev–Trinajstić information content (AvgIpc) is 2.20. The van der Waals surface area contributed by atoms with Crippen LogP contribution in [0.15, 0.2) is 12.3 Å². The summed E-state index contributed by atoms with van der Waals surface area (Å²) in [4.78, 5) is 3.71. The molecular formula is C9H12FNO3. The van der Waals surface area contributed by atoms with Gasteiger partial charge in [-0.15, -0.1) is 0 Å². The smallest absolute Gasteiger partial charge is 0.219 e. The SMILES string of the molecule is COCCOc1ncc(F)cc1CO. The zero-order valence-electron chi connectivity index (χ0n) is 7.86. The molecule has 0 amide bonds. The van der Waals surface area contributed by atoms with Gasteiger partial charge >= 0.3 is 0 Å². The zero-order chi connectivity index (χ0) is 10.4. The van der Waals surface area contributed by atoms with Crippen LogP contribution in [-0.2, 0) is 11.3 Å². The Balaban J connectivity index is 2.65. The van der Waals surface area contributed by atoms with Crippen LogP contribution in [0.1, 0.15) is 5.56 Å². The van der Waals surface area contributed by atoms with E-state index in [-0.39, 0.29) is 12.5 Å². The molecule has 1 heterocycles. The molecule has 5 heteroatoms. The normalized spacial score (nSPS) is 10.2. The van der Waals surface area contributed by atoms with E-state index < -0.39 is 5.82 Å². The summed E-state index contributed by atoms with van der Waals surface area (Å²) in [6.07, 6.45) is 1.04. The van der Waals surface area contributed by atoms with Crippen molar-refractivity contribution in [2.45, 2.75) is 6.61 Å². The van der Waals surface area contributed by atoms with Crippen molar-refractivity contribution in [1.29, 1.82) is 0 Å². The molecule has 1 aromatic rings. The Morgan fingerprint density at radius 3 is 2.93 bits per heavy atom. The summed E-state index contributed by atoms with van der Waals surface area (Å²) >= 11 is 0. The first-order valence-corrected chi connectivity index (χ1v) is 4.15. The van der Waals surface area contributed by atoms with Gasteiger partial charge < -0.3 is 14.6 Å². The number of hydrogen-bond donors (Lipinski definition) is 1. The highest BCUT2D eigenvalue weighted by Crippen LogP contribution is 2.15. The van der Waals surface area contributed by atoms with E-state index in [1.807, 2.05) is 0 Å². The van der Waals surface area contributed by atoms with E-state index in [1.165, 1.54) is 6.07 Å². The number of methoxy groups -OCH3 is 1. The van der Waals surface area contributed by atoms with Gasteiger partial charge in [-0.25, -0.2) is 9.37 Å². The number of nitrogens with zero attached hydrogens (tertiary/aromatic N) is 1. The van der Waals surface area contributed by atoms with Crippen LogP contribution in [0.4, 0.5) is 4.39 Å². The quantitative estimate of drug-likeness (QED) is 0.714. The van der Waals surface area contributed by atoms with Crippen LogP contribution in [-0.4, -0.2) is 30.4 Å². The molecule has 1 aromatic heterocycles. The highest BCUT2D eigenvalue weighted by Gasteiger charge is 2.05. The number of aliphatic hydroxyl groups excluding tert-OH is 1. The van der Waals surface area contributed by atoms with Gasteiger partial charge in [0.25, 0.3) is 0 Å². The first-order chi connectivity index (χ1) is 6.77. The maximum atomic E-state index is 12.7. The Labute approximate surface area is 81.3 Å². The molecule has 0 aliphatic carbocycles. The molecule has 0 aliphatic heterocycles. The minimum atomic E-state index is -0.492. The van der Waals surface area contributed by atoms with E-state index in [4.69, 9.17) is 14.6 Å². The molecule has 0 aromatic carbocycles. The molecule has 0 bridgehead atoms. The van der Waals surface area contributed by atoms with Crippen LogP contribution in [0.3, 0.4) is 0 Å². The van der Waals surface area contributed by atoms with E-state index in [2.05, 4.69) is 4.98 Å². The van der Waals surface area contributed by atoms with Crippen LogP contribution in [0.2, 0.25) is 0 Å². The van der Waals surface area contributed by atoms with Crippen molar-refractivity contribution in [3.8, 4) is 5.88 Å². The van der Waals surface area contributed by atoms with Gasteiger partial charge in [-0.3, -0.25) is 0 Å². The second-order valence-corrected chi connectivity index (χ2v) is 2.62. The Morgan fingerprint density at radius 2 is 2.29 bits per heavy atom. The predicted molar refractivity (Wildman–Crippen MR) is 47.5 cm³/mol. The lowest BCUT2D eigenvalue weighted by molar-refractivity contribution is 0.141. The zero-order valence-corrected chi connectivity index (χ0v) is 7.86. The number of rotatable bonds is 5. The van der Waals surface area contributed by atoms with Gasteiger partial charge in [0.2, 0.25) is 5.88 Å². The van der Waals surface area contributed by atoms with Crippen molar-refractivity contribution in [2.24, 2.45) is 0 Å². The first kappa shape index (κ1) is 10.9.